The summed E-state index contributed by atoms with van der Waals surface area (Å²) in [5, 5.41) is 3.58. The van der Waals surface area contributed by atoms with Gasteiger partial charge in [-0.2, -0.15) is 0 Å². The maximum Gasteiger partial charge on any atom is 0.0911 e. The molecule has 3 aromatic rings. The van der Waals surface area contributed by atoms with Gasteiger partial charge in [0.2, 0.25) is 0 Å². The number of nitrogens with one attached hydrogen (secondary N) is 2. The molecule has 4 nitrogen and oxygen atoms in total. The monoisotopic (exact) mass is 442 g/mol. The highest BCUT2D eigenvalue weighted by Gasteiger charge is 2.22. The molecular weight excluding hydrogens is 404 g/mol. The molecule has 1 saturated carbocycles. The Hall–Kier alpha value is -2.85. The van der Waals surface area contributed by atoms with E-state index in [4.69, 9.17) is 5.73 Å². The molecule has 4 heteroatoms. The van der Waals surface area contributed by atoms with E-state index in [-0.39, 0.29) is 5.54 Å². The second-order valence-corrected chi connectivity index (χ2v) is 9.77. The molecule has 2 atom stereocenters. The largest absolute Gasteiger partial charge is 0.385 e. The van der Waals surface area contributed by atoms with Crippen LogP contribution in [0, 0.1) is 0 Å². The van der Waals surface area contributed by atoms with E-state index in [9.17, 15) is 0 Å². The molecule has 174 valence electrons. The highest BCUT2D eigenvalue weighted by atomic mass is 14.9. The molecule has 4 rings (SSSR count). The smallest absolute Gasteiger partial charge is 0.0911 e. The van der Waals surface area contributed by atoms with Crippen LogP contribution in [-0.4, -0.2) is 22.1 Å². The van der Waals surface area contributed by atoms with Crippen molar-refractivity contribution >= 4 is 16.7 Å². The van der Waals surface area contributed by atoms with E-state index in [2.05, 4.69) is 83.0 Å². The van der Waals surface area contributed by atoms with Crippen LogP contribution in [0.4, 0.5) is 5.69 Å². The van der Waals surface area contributed by atoms with Crippen molar-refractivity contribution in [2.45, 2.75) is 69.7 Å². The topological polar surface area (TPSA) is 66.7 Å². The van der Waals surface area contributed by atoms with Crippen LogP contribution >= 0.6 is 0 Å². The quantitative estimate of drug-likeness (QED) is 0.403. The van der Waals surface area contributed by atoms with Gasteiger partial charge in [0.05, 0.1) is 11.0 Å². The van der Waals surface area contributed by atoms with E-state index in [1.807, 2.05) is 12.3 Å². The van der Waals surface area contributed by atoms with E-state index in [0.29, 0.717) is 5.92 Å². The third-order valence-corrected chi connectivity index (χ3v) is 6.92. The fourth-order valence-corrected chi connectivity index (χ4v) is 4.90. The standard InChI is InChI=1S/C29H38N4/c1-29(30)18-7-3-5-11-24(16-19-29)23-10-4-2-6-13-26(14-8-12-23)31-21-17-25-22-33-27-15-9-20-32-28(25)27/h2,4,6,8-10,12-15,20,22,24,31,33H,3,5,7,11,16-19,21,30H2,1H3. The van der Waals surface area contributed by atoms with Crippen LogP contribution in [0.5, 0.6) is 0 Å². The van der Waals surface area contributed by atoms with Gasteiger partial charge in [-0.3, -0.25) is 4.98 Å². The average Bonchev–Trinajstić information content (AvgIpc) is 3.25. The summed E-state index contributed by atoms with van der Waals surface area (Å²) in [6.45, 7) is 3.09. The number of rotatable bonds is 5. The van der Waals surface area contributed by atoms with Gasteiger partial charge in [-0.05, 0) is 80.3 Å². The second kappa shape index (κ2) is 11.3. The Morgan fingerprint density at radius 1 is 0.970 bits per heavy atom. The Morgan fingerprint density at radius 2 is 1.82 bits per heavy atom. The van der Waals surface area contributed by atoms with Crippen molar-refractivity contribution in [3.05, 3.63) is 84.2 Å². The van der Waals surface area contributed by atoms with Crippen molar-refractivity contribution in [3.63, 3.8) is 0 Å². The number of anilines is 1. The van der Waals surface area contributed by atoms with Crippen molar-refractivity contribution in [1.29, 1.82) is 0 Å². The Morgan fingerprint density at radius 3 is 2.76 bits per heavy atom. The molecule has 0 amide bonds. The number of fused-ring (bicyclic) bond motifs is 1. The van der Waals surface area contributed by atoms with Gasteiger partial charge in [0.25, 0.3) is 0 Å². The van der Waals surface area contributed by atoms with Crippen LogP contribution in [-0.2, 0) is 6.42 Å². The van der Waals surface area contributed by atoms with Crippen molar-refractivity contribution in [3.8, 4) is 0 Å². The third-order valence-electron chi connectivity index (χ3n) is 6.92. The molecule has 2 heterocycles. The number of pyridine rings is 1. The van der Waals surface area contributed by atoms with Crippen LogP contribution in [0.15, 0.2) is 73.1 Å². The highest BCUT2D eigenvalue weighted by Crippen LogP contribution is 2.32. The van der Waals surface area contributed by atoms with Gasteiger partial charge in [-0.1, -0.05) is 55.7 Å². The van der Waals surface area contributed by atoms with Crippen LogP contribution in [0.3, 0.4) is 0 Å². The van der Waals surface area contributed by atoms with Crippen LogP contribution < -0.4 is 11.1 Å². The lowest BCUT2D eigenvalue weighted by Gasteiger charge is -2.25. The first kappa shape index (κ1) is 23.3. The lowest BCUT2D eigenvalue weighted by molar-refractivity contribution is 0.373. The Kier molecular flexibility index (Phi) is 8.01. The van der Waals surface area contributed by atoms with Gasteiger partial charge in [0, 0.05) is 30.2 Å². The molecule has 1 aliphatic carbocycles. The molecule has 0 aliphatic heterocycles. The minimum atomic E-state index is -0.0290. The summed E-state index contributed by atoms with van der Waals surface area (Å²) in [5.41, 5.74) is 12.5. The minimum absolute atomic E-state index is 0.0290. The Bertz CT molecular complexity index is 1080. The highest BCUT2D eigenvalue weighted by molar-refractivity contribution is 5.78. The fraction of sp³-hybridized carbons (Fsp3) is 0.414. The number of nitrogens with two attached hydrogens (primary N) is 1. The Labute approximate surface area is 198 Å². The lowest BCUT2D eigenvalue weighted by Crippen LogP contribution is -2.36. The zero-order valence-corrected chi connectivity index (χ0v) is 19.9. The number of hydrogen-bond acceptors (Lipinski definition) is 3. The molecule has 2 unspecified atom stereocenters. The molecule has 4 N–H and O–H groups in total. The summed E-state index contributed by atoms with van der Waals surface area (Å²) < 4.78 is 0. The van der Waals surface area contributed by atoms with Crippen molar-refractivity contribution in [2.75, 3.05) is 11.9 Å². The van der Waals surface area contributed by atoms with Gasteiger partial charge in [0.1, 0.15) is 0 Å². The van der Waals surface area contributed by atoms with Gasteiger partial charge in [-0.15, -0.1) is 0 Å². The maximum atomic E-state index is 6.56. The molecule has 1 aliphatic rings. The third kappa shape index (κ3) is 6.82. The van der Waals surface area contributed by atoms with Gasteiger partial charge < -0.3 is 16.0 Å². The second-order valence-electron chi connectivity index (χ2n) is 9.77. The predicted octanol–water partition coefficient (Wildman–Crippen LogP) is 6.89. The summed E-state index contributed by atoms with van der Waals surface area (Å²) in [6, 6.07) is 21.5. The summed E-state index contributed by atoms with van der Waals surface area (Å²) in [6.07, 6.45) is 13.3. The molecule has 1 fully saturated rings. The summed E-state index contributed by atoms with van der Waals surface area (Å²) in [7, 11) is 0. The average molecular weight is 443 g/mol. The van der Waals surface area contributed by atoms with Crippen molar-refractivity contribution in [2.24, 2.45) is 5.73 Å². The first-order valence-electron chi connectivity index (χ1n) is 12.5. The predicted molar refractivity (Wildman–Crippen MR) is 140 cm³/mol. The lowest BCUT2D eigenvalue weighted by atomic mass is 9.85. The van der Waals surface area contributed by atoms with Crippen molar-refractivity contribution < 1.29 is 0 Å². The molecule has 0 saturated heterocycles. The van der Waals surface area contributed by atoms with Crippen LogP contribution in [0.25, 0.3) is 11.0 Å². The van der Waals surface area contributed by atoms with E-state index in [0.717, 1.165) is 42.5 Å². The summed E-state index contributed by atoms with van der Waals surface area (Å²) in [5.74, 6) is 0.578. The van der Waals surface area contributed by atoms with Crippen LogP contribution in [0.1, 0.15) is 68.9 Å². The summed E-state index contributed by atoms with van der Waals surface area (Å²) >= 11 is 0. The Balaban J connectivity index is 1.44. The van der Waals surface area contributed by atoms with Gasteiger partial charge in [0.15, 0.2) is 0 Å². The fourth-order valence-electron chi connectivity index (χ4n) is 4.90. The molecule has 33 heavy (non-hydrogen) atoms. The molecule has 0 bridgehead atoms. The molecule has 0 spiro atoms. The van der Waals surface area contributed by atoms with Gasteiger partial charge in [-0.25, -0.2) is 0 Å². The molecule has 2 aromatic heterocycles. The minimum Gasteiger partial charge on any atom is -0.385 e. The van der Waals surface area contributed by atoms with E-state index < -0.39 is 0 Å². The van der Waals surface area contributed by atoms with E-state index in [1.54, 1.807) is 0 Å². The zero-order chi connectivity index (χ0) is 22.9. The number of aromatic amines is 1. The number of H-pyrrole nitrogens is 1. The first-order chi connectivity index (χ1) is 16.1. The van der Waals surface area contributed by atoms with Crippen molar-refractivity contribution in [1.82, 2.24) is 9.97 Å². The maximum absolute atomic E-state index is 6.56. The zero-order valence-electron chi connectivity index (χ0n) is 19.9. The van der Waals surface area contributed by atoms with Gasteiger partial charge >= 0.3 is 0 Å². The normalized spacial score (nSPS) is 21.5. The van der Waals surface area contributed by atoms with Crippen LogP contribution in [0.2, 0.25) is 0 Å². The first-order valence-corrected chi connectivity index (χ1v) is 12.5. The molecule has 0 radical (unpaired) electrons. The number of aromatic nitrogens is 2. The number of nitrogens with zero attached hydrogens (tertiary/aromatic N) is 1. The molecular formula is C29H38N4. The van der Waals surface area contributed by atoms with E-state index in [1.165, 1.54) is 43.2 Å². The SMILES string of the molecule is CC1(N)CCCCCC(c2cccccc(NCCc3c[nH]c4cccnc34)ccc2)CC1. The summed E-state index contributed by atoms with van der Waals surface area (Å²) in [4.78, 5) is 7.82. The molecule has 1 aromatic carbocycles. The van der Waals surface area contributed by atoms with E-state index >= 15 is 0 Å². The number of hydrogen-bond donors (Lipinski definition) is 3.